The Hall–Kier alpha value is -2.10. The number of aromatic nitrogens is 2. The molecule has 2 aromatic rings. The lowest BCUT2D eigenvalue weighted by molar-refractivity contribution is 0.0837. The summed E-state index contributed by atoms with van der Waals surface area (Å²) in [7, 11) is 0. The first-order valence-electron chi connectivity index (χ1n) is 6.09. The number of imidazole rings is 1. The monoisotopic (exact) mass is 242 g/mol. The molecule has 92 valence electrons. The second-order valence-electron chi connectivity index (χ2n) is 4.44. The second kappa shape index (κ2) is 4.64. The summed E-state index contributed by atoms with van der Waals surface area (Å²) in [6.07, 6.45) is 8.16. The predicted octanol–water partition coefficient (Wildman–Crippen LogP) is 2.09. The number of hydrogen-bond acceptors (Lipinski definition) is 3. The van der Waals surface area contributed by atoms with E-state index in [1.165, 1.54) is 28.4 Å². The van der Waals surface area contributed by atoms with Gasteiger partial charge in [-0.3, -0.25) is 9.36 Å². The van der Waals surface area contributed by atoms with Gasteiger partial charge >= 0.3 is 0 Å². The molecule has 0 fully saturated rings. The summed E-state index contributed by atoms with van der Waals surface area (Å²) >= 11 is 0. The van der Waals surface area contributed by atoms with Gasteiger partial charge in [0.05, 0.1) is 0 Å². The summed E-state index contributed by atoms with van der Waals surface area (Å²) in [5.41, 5.74) is 2.76. The van der Waals surface area contributed by atoms with Gasteiger partial charge in [0.1, 0.15) is 12.1 Å². The van der Waals surface area contributed by atoms with E-state index in [4.69, 9.17) is 4.74 Å². The van der Waals surface area contributed by atoms with Crippen LogP contribution in [0.3, 0.4) is 0 Å². The van der Waals surface area contributed by atoms with Gasteiger partial charge in [0, 0.05) is 12.4 Å². The molecule has 4 heteroatoms. The highest BCUT2D eigenvalue weighted by atomic mass is 16.5. The molecule has 0 spiro atoms. The molecule has 0 atom stereocenters. The Labute approximate surface area is 105 Å². The molecule has 1 heterocycles. The van der Waals surface area contributed by atoms with Crippen LogP contribution in [0.1, 0.15) is 22.3 Å². The summed E-state index contributed by atoms with van der Waals surface area (Å²) < 4.78 is 6.94. The van der Waals surface area contributed by atoms with Gasteiger partial charge in [-0.2, -0.15) is 0 Å². The lowest BCUT2D eigenvalue weighted by Gasteiger charge is -2.07. The third kappa shape index (κ3) is 2.14. The number of fused-ring (bicyclic) bond motifs is 1. The molecular formula is C14H14N2O2. The minimum Gasteiger partial charge on any atom is -0.484 e. The van der Waals surface area contributed by atoms with E-state index in [0.717, 1.165) is 18.6 Å². The Kier molecular flexibility index (Phi) is 2.84. The van der Waals surface area contributed by atoms with E-state index in [-0.39, 0.29) is 12.5 Å². The first-order chi connectivity index (χ1) is 8.83. The molecule has 18 heavy (non-hydrogen) atoms. The lowest BCUT2D eigenvalue weighted by Crippen LogP contribution is -2.17. The average Bonchev–Trinajstić information content (AvgIpc) is 3.05. The van der Waals surface area contributed by atoms with Gasteiger partial charge < -0.3 is 4.74 Å². The fourth-order valence-electron chi connectivity index (χ4n) is 2.26. The third-order valence-corrected chi connectivity index (χ3v) is 3.22. The number of hydrogen-bond donors (Lipinski definition) is 0. The summed E-state index contributed by atoms with van der Waals surface area (Å²) in [6.45, 7) is 0.0369. The fraction of sp³-hybridized carbons (Fsp3) is 0.286. The molecule has 0 aliphatic heterocycles. The van der Waals surface area contributed by atoms with Crippen LogP contribution in [0.4, 0.5) is 0 Å². The van der Waals surface area contributed by atoms with Crippen molar-refractivity contribution >= 4 is 5.91 Å². The molecule has 3 rings (SSSR count). The highest BCUT2D eigenvalue weighted by Gasteiger charge is 2.12. The number of aryl methyl sites for hydroxylation is 2. The van der Waals surface area contributed by atoms with E-state index in [1.807, 2.05) is 12.1 Å². The number of benzene rings is 1. The topological polar surface area (TPSA) is 44.1 Å². The van der Waals surface area contributed by atoms with Crippen LogP contribution in [-0.2, 0) is 12.8 Å². The van der Waals surface area contributed by atoms with Crippen molar-refractivity contribution in [1.29, 1.82) is 0 Å². The fourth-order valence-corrected chi connectivity index (χ4v) is 2.26. The zero-order valence-corrected chi connectivity index (χ0v) is 10.0. The molecule has 0 N–H and O–H groups in total. The number of carbonyl (C=O) groups is 1. The van der Waals surface area contributed by atoms with Gasteiger partial charge in [0.15, 0.2) is 6.61 Å². The highest BCUT2D eigenvalue weighted by molar-refractivity contribution is 5.80. The van der Waals surface area contributed by atoms with Crippen molar-refractivity contribution in [2.75, 3.05) is 6.61 Å². The molecule has 1 aromatic carbocycles. The van der Waals surface area contributed by atoms with Crippen molar-refractivity contribution in [2.24, 2.45) is 0 Å². The van der Waals surface area contributed by atoms with E-state index in [1.54, 1.807) is 12.4 Å². The van der Waals surface area contributed by atoms with Crippen LogP contribution in [-0.4, -0.2) is 22.1 Å². The first kappa shape index (κ1) is 11.0. The smallest absolute Gasteiger partial charge is 0.269 e. The summed E-state index contributed by atoms with van der Waals surface area (Å²) in [6, 6.07) is 6.08. The largest absolute Gasteiger partial charge is 0.484 e. The van der Waals surface area contributed by atoms with Crippen LogP contribution < -0.4 is 4.74 Å². The molecule has 0 bridgehead atoms. The lowest BCUT2D eigenvalue weighted by atomic mass is 10.1. The number of rotatable bonds is 3. The van der Waals surface area contributed by atoms with Gasteiger partial charge in [-0.05, 0) is 42.5 Å². The number of ether oxygens (including phenoxy) is 1. The molecule has 0 amide bonds. The molecule has 0 radical (unpaired) electrons. The second-order valence-corrected chi connectivity index (χ2v) is 4.44. The SMILES string of the molecule is O=C(COc1ccc2c(c1)CCC2)n1ccnc1. The molecule has 1 aliphatic rings. The Bertz CT molecular complexity index is 561. The van der Waals surface area contributed by atoms with Crippen LogP contribution in [0.2, 0.25) is 0 Å². The van der Waals surface area contributed by atoms with Crippen molar-refractivity contribution in [2.45, 2.75) is 19.3 Å². The van der Waals surface area contributed by atoms with Crippen LogP contribution in [0.15, 0.2) is 36.9 Å². The van der Waals surface area contributed by atoms with E-state index in [9.17, 15) is 4.79 Å². The van der Waals surface area contributed by atoms with E-state index in [2.05, 4.69) is 11.1 Å². The van der Waals surface area contributed by atoms with Crippen LogP contribution in [0.5, 0.6) is 5.75 Å². The molecule has 1 aromatic heterocycles. The van der Waals surface area contributed by atoms with Crippen LogP contribution >= 0.6 is 0 Å². The van der Waals surface area contributed by atoms with Crippen molar-refractivity contribution < 1.29 is 9.53 Å². The van der Waals surface area contributed by atoms with Gasteiger partial charge in [-0.1, -0.05) is 6.07 Å². The zero-order valence-electron chi connectivity index (χ0n) is 10.0. The van der Waals surface area contributed by atoms with Gasteiger partial charge in [0.2, 0.25) is 0 Å². The van der Waals surface area contributed by atoms with Gasteiger partial charge in [-0.15, -0.1) is 0 Å². The van der Waals surface area contributed by atoms with Crippen LogP contribution in [0.25, 0.3) is 0 Å². The van der Waals surface area contributed by atoms with Crippen molar-refractivity contribution in [3.8, 4) is 5.75 Å². The van der Waals surface area contributed by atoms with Gasteiger partial charge in [0.25, 0.3) is 5.91 Å². The molecule has 1 aliphatic carbocycles. The quantitative estimate of drug-likeness (QED) is 0.827. The van der Waals surface area contributed by atoms with Crippen molar-refractivity contribution in [3.05, 3.63) is 48.0 Å². The highest BCUT2D eigenvalue weighted by Crippen LogP contribution is 2.25. The molecule has 0 unspecified atom stereocenters. The summed E-state index contributed by atoms with van der Waals surface area (Å²) in [4.78, 5) is 15.5. The molecule has 0 saturated heterocycles. The normalized spacial score (nSPS) is 13.3. The first-order valence-corrected chi connectivity index (χ1v) is 6.09. The summed E-state index contributed by atoms with van der Waals surface area (Å²) in [5, 5.41) is 0. The molecule has 0 saturated carbocycles. The third-order valence-electron chi connectivity index (χ3n) is 3.22. The van der Waals surface area contributed by atoms with E-state index in [0.29, 0.717) is 0 Å². The minimum atomic E-state index is -0.118. The Balaban J connectivity index is 1.65. The maximum atomic E-state index is 11.7. The predicted molar refractivity (Wildman–Crippen MR) is 66.8 cm³/mol. The van der Waals surface area contributed by atoms with Crippen LogP contribution in [0, 0.1) is 0 Å². The van der Waals surface area contributed by atoms with E-state index >= 15 is 0 Å². The average molecular weight is 242 g/mol. The standard InChI is InChI=1S/C14H14N2O2/c17-14(16-7-6-15-10-16)9-18-13-5-4-11-2-1-3-12(11)8-13/h4-8,10H,1-3,9H2. The zero-order chi connectivity index (χ0) is 12.4. The van der Waals surface area contributed by atoms with Crippen molar-refractivity contribution in [1.82, 2.24) is 9.55 Å². The maximum absolute atomic E-state index is 11.7. The Morgan fingerprint density at radius 2 is 2.22 bits per heavy atom. The molecular weight excluding hydrogens is 228 g/mol. The maximum Gasteiger partial charge on any atom is 0.269 e. The summed E-state index contributed by atoms with van der Waals surface area (Å²) in [5.74, 6) is 0.650. The molecule has 4 nitrogen and oxygen atoms in total. The minimum absolute atomic E-state index is 0.0369. The van der Waals surface area contributed by atoms with E-state index < -0.39 is 0 Å². The van der Waals surface area contributed by atoms with Gasteiger partial charge in [-0.25, -0.2) is 4.98 Å². The number of carbonyl (C=O) groups excluding carboxylic acids is 1. The Morgan fingerprint density at radius 3 is 3.06 bits per heavy atom. The number of nitrogens with zero attached hydrogens (tertiary/aromatic N) is 2. The van der Waals surface area contributed by atoms with Crippen molar-refractivity contribution in [3.63, 3.8) is 0 Å². The Morgan fingerprint density at radius 1 is 1.33 bits per heavy atom.